The molecule has 0 aromatic heterocycles. The Labute approximate surface area is 228 Å². The van der Waals surface area contributed by atoms with Crippen molar-refractivity contribution in [3.05, 3.63) is 137 Å². The molecule has 3 N–H and O–H groups in total. The Balaban J connectivity index is 0.000000386. The van der Waals surface area contributed by atoms with E-state index in [0.29, 0.717) is 0 Å². The van der Waals surface area contributed by atoms with Gasteiger partial charge in [-0.1, -0.05) is 96.6 Å². The molecule has 4 aromatic rings. The van der Waals surface area contributed by atoms with Gasteiger partial charge in [-0.25, -0.2) is 13.1 Å². The molecule has 0 radical (unpaired) electrons. The molecule has 0 fully saturated rings. The Hall–Kier alpha value is -2.63. The molecular weight excluding hydrogens is 553 g/mol. The standard InChI is InChI=1S/C21H22N2O2S.C9H12.Ru/c1-16-12-14-19(15-13-16)26(24,25)23-21(18-10-6-3-7-11-18)20(22)17-8-4-2-5-9-17;1-7-5-4-6-8(2)9(7)3;/h2-15,20-21,23H,22H2,1H3;4-6H,1-3H3;/t20-,21-;;/m0../s1. The van der Waals surface area contributed by atoms with Crippen molar-refractivity contribution in [2.45, 2.75) is 44.7 Å². The molecule has 0 aliphatic carbocycles. The van der Waals surface area contributed by atoms with Gasteiger partial charge in [0.2, 0.25) is 10.0 Å². The second kappa shape index (κ2) is 13.6. The van der Waals surface area contributed by atoms with Crippen LogP contribution >= 0.6 is 0 Å². The van der Waals surface area contributed by atoms with E-state index in [-0.39, 0.29) is 24.4 Å². The van der Waals surface area contributed by atoms with Crippen LogP contribution in [0.1, 0.15) is 45.5 Å². The van der Waals surface area contributed by atoms with Gasteiger partial charge in [-0.05, 0) is 67.6 Å². The maximum atomic E-state index is 12.9. The number of sulfonamides is 1. The van der Waals surface area contributed by atoms with E-state index in [2.05, 4.69) is 43.7 Å². The zero-order chi connectivity index (χ0) is 25.4. The van der Waals surface area contributed by atoms with Crippen LogP contribution in [0.25, 0.3) is 0 Å². The first kappa shape index (κ1) is 29.6. The Morgan fingerprint density at radius 3 is 1.58 bits per heavy atom. The molecule has 0 heterocycles. The molecule has 0 aliphatic rings. The van der Waals surface area contributed by atoms with E-state index in [1.54, 1.807) is 24.3 Å². The van der Waals surface area contributed by atoms with E-state index in [4.69, 9.17) is 5.73 Å². The summed E-state index contributed by atoms with van der Waals surface area (Å²) in [4.78, 5) is 0.226. The molecule has 4 aromatic carbocycles. The number of nitrogens with two attached hydrogens (primary N) is 1. The zero-order valence-corrected chi connectivity index (χ0v) is 23.7. The van der Waals surface area contributed by atoms with Crippen molar-refractivity contribution in [1.29, 1.82) is 0 Å². The molecule has 0 unspecified atom stereocenters. The first-order chi connectivity index (χ1) is 16.7. The Morgan fingerprint density at radius 1 is 0.639 bits per heavy atom. The number of nitrogens with one attached hydrogen (secondary N) is 1. The summed E-state index contributed by atoms with van der Waals surface area (Å²) >= 11 is 0. The number of hydrogen-bond acceptors (Lipinski definition) is 3. The van der Waals surface area contributed by atoms with Crippen LogP contribution in [-0.4, -0.2) is 8.42 Å². The van der Waals surface area contributed by atoms with Crippen LogP contribution in [0.15, 0.2) is 108 Å². The van der Waals surface area contributed by atoms with E-state index in [9.17, 15) is 8.42 Å². The van der Waals surface area contributed by atoms with Crippen LogP contribution in [0.2, 0.25) is 0 Å². The van der Waals surface area contributed by atoms with Crippen LogP contribution in [0.4, 0.5) is 0 Å². The third kappa shape index (κ3) is 7.94. The Bertz CT molecular complexity index is 1310. The number of rotatable bonds is 6. The fraction of sp³-hybridized carbons (Fsp3) is 0.200. The summed E-state index contributed by atoms with van der Waals surface area (Å²) in [7, 11) is -3.71. The maximum Gasteiger partial charge on any atom is 0.241 e. The molecule has 0 aliphatic heterocycles. The predicted octanol–water partition coefficient (Wildman–Crippen LogP) is 6.32. The third-order valence-corrected chi connectivity index (χ3v) is 7.65. The van der Waals surface area contributed by atoms with Gasteiger partial charge in [-0.2, -0.15) is 0 Å². The van der Waals surface area contributed by atoms with Crippen molar-refractivity contribution in [1.82, 2.24) is 4.72 Å². The predicted molar refractivity (Wildman–Crippen MR) is 145 cm³/mol. The van der Waals surface area contributed by atoms with Crippen molar-refractivity contribution in [3.8, 4) is 0 Å². The molecule has 6 heteroatoms. The van der Waals surface area contributed by atoms with Crippen LogP contribution < -0.4 is 10.5 Å². The molecule has 0 bridgehead atoms. The zero-order valence-electron chi connectivity index (χ0n) is 21.1. The Kier molecular flexibility index (Phi) is 11.2. The van der Waals surface area contributed by atoms with Crippen LogP contribution in [0, 0.1) is 27.7 Å². The summed E-state index contributed by atoms with van der Waals surface area (Å²) in [6.07, 6.45) is 0. The second-order valence-corrected chi connectivity index (χ2v) is 10.5. The molecule has 4 rings (SSSR count). The normalized spacial score (nSPS) is 12.5. The monoisotopic (exact) mass is 588 g/mol. The smallest absolute Gasteiger partial charge is 0.241 e. The first-order valence-electron chi connectivity index (χ1n) is 11.7. The van der Waals surface area contributed by atoms with Crippen LogP contribution in [-0.2, 0) is 29.5 Å². The largest absolute Gasteiger partial charge is 0.322 e. The average Bonchev–Trinajstić information content (AvgIpc) is 2.87. The number of benzene rings is 4. The van der Waals surface area contributed by atoms with Gasteiger partial charge in [0, 0.05) is 19.5 Å². The van der Waals surface area contributed by atoms with Crippen molar-refractivity contribution in [2.75, 3.05) is 0 Å². The molecule has 0 saturated carbocycles. The molecule has 190 valence electrons. The van der Waals surface area contributed by atoms with E-state index < -0.39 is 22.1 Å². The van der Waals surface area contributed by atoms with Gasteiger partial charge in [0.05, 0.1) is 17.0 Å². The van der Waals surface area contributed by atoms with Crippen molar-refractivity contribution in [3.63, 3.8) is 0 Å². The Morgan fingerprint density at radius 2 is 1.11 bits per heavy atom. The van der Waals surface area contributed by atoms with E-state index in [1.807, 2.05) is 67.6 Å². The van der Waals surface area contributed by atoms with Gasteiger partial charge in [-0.3, -0.25) is 0 Å². The van der Waals surface area contributed by atoms with Crippen LogP contribution in [0.3, 0.4) is 0 Å². The fourth-order valence-electron chi connectivity index (χ4n) is 3.73. The minimum atomic E-state index is -3.71. The quantitative estimate of drug-likeness (QED) is 0.259. The molecule has 0 amide bonds. The molecule has 0 spiro atoms. The second-order valence-electron chi connectivity index (χ2n) is 8.78. The van der Waals surface area contributed by atoms with Gasteiger partial charge in [-0.15, -0.1) is 0 Å². The minimum Gasteiger partial charge on any atom is -0.322 e. The van der Waals surface area contributed by atoms with Gasteiger partial charge in [0.15, 0.2) is 0 Å². The van der Waals surface area contributed by atoms with E-state index in [1.165, 1.54) is 16.7 Å². The molecule has 4 nitrogen and oxygen atoms in total. The molecular formula is C30H34N2O2RuS. The van der Waals surface area contributed by atoms with E-state index >= 15 is 0 Å². The van der Waals surface area contributed by atoms with Crippen molar-refractivity contribution < 1.29 is 27.9 Å². The van der Waals surface area contributed by atoms with E-state index in [0.717, 1.165) is 16.7 Å². The van der Waals surface area contributed by atoms with Crippen molar-refractivity contribution in [2.24, 2.45) is 5.73 Å². The molecule has 2 atom stereocenters. The minimum absolute atomic E-state index is 0. The topological polar surface area (TPSA) is 72.2 Å². The number of aryl methyl sites for hydroxylation is 3. The SMILES string of the molecule is Cc1ccc(S(=O)(=O)N[C@@H](c2ccccc2)[C@@H](N)c2ccccc2)cc1.Cc1cccc(C)c1C.[Ru]. The first-order valence-corrected chi connectivity index (χ1v) is 13.1. The van der Waals surface area contributed by atoms with Gasteiger partial charge in [0.25, 0.3) is 0 Å². The van der Waals surface area contributed by atoms with Gasteiger partial charge >= 0.3 is 0 Å². The summed E-state index contributed by atoms with van der Waals surface area (Å²) in [5.41, 5.74) is 13.3. The summed E-state index contributed by atoms with van der Waals surface area (Å²) < 4.78 is 28.6. The van der Waals surface area contributed by atoms with Gasteiger partial charge < -0.3 is 5.73 Å². The molecule has 36 heavy (non-hydrogen) atoms. The van der Waals surface area contributed by atoms with Gasteiger partial charge in [0.1, 0.15) is 0 Å². The van der Waals surface area contributed by atoms with Crippen molar-refractivity contribution >= 4 is 10.0 Å². The maximum absolute atomic E-state index is 12.9. The van der Waals surface area contributed by atoms with Crippen LogP contribution in [0.5, 0.6) is 0 Å². The third-order valence-electron chi connectivity index (χ3n) is 6.19. The summed E-state index contributed by atoms with van der Waals surface area (Å²) in [5, 5.41) is 0. The fourth-order valence-corrected chi connectivity index (χ4v) is 4.97. The molecule has 0 saturated heterocycles. The summed E-state index contributed by atoms with van der Waals surface area (Å²) in [6.45, 7) is 8.36. The average molecular weight is 588 g/mol. The summed E-state index contributed by atoms with van der Waals surface area (Å²) in [5.74, 6) is 0. The summed E-state index contributed by atoms with van der Waals surface area (Å²) in [6, 6.07) is 31.0. The number of hydrogen-bond donors (Lipinski definition) is 2.